The van der Waals surface area contributed by atoms with Gasteiger partial charge in [0.1, 0.15) is 0 Å². The Balaban J connectivity index is 2.81. The normalized spacial score (nSPS) is 10.6. The summed E-state index contributed by atoms with van der Waals surface area (Å²) in [4.78, 5) is 4.17. The highest BCUT2D eigenvalue weighted by Gasteiger charge is 2.00. The van der Waals surface area contributed by atoms with E-state index in [2.05, 4.69) is 20.9 Å². The molecule has 0 amide bonds. The summed E-state index contributed by atoms with van der Waals surface area (Å²) in [6.45, 7) is 0. The summed E-state index contributed by atoms with van der Waals surface area (Å²) >= 11 is 9.13. The molecule has 2 aromatic rings. The third-order valence-electron chi connectivity index (χ3n) is 1.77. The predicted octanol–water partition coefficient (Wildman–Crippen LogP) is 3.23. The maximum absolute atomic E-state index is 5.80. The Morgan fingerprint density at radius 3 is 2.85 bits per heavy atom. The van der Waals surface area contributed by atoms with Gasteiger partial charge in [0.15, 0.2) is 0 Å². The van der Waals surface area contributed by atoms with Crippen molar-refractivity contribution < 1.29 is 0 Å². The van der Waals surface area contributed by atoms with Gasteiger partial charge in [0, 0.05) is 21.7 Å². The Kier molecular flexibility index (Phi) is 2.14. The molecule has 13 heavy (non-hydrogen) atoms. The fourth-order valence-corrected chi connectivity index (χ4v) is 1.64. The van der Waals surface area contributed by atoms with Crippen molar-refractivity contribution in [2.45, 2.75) is 0 Å². The van der Waals surface area contributed by atoms with E-state index in [1.807, 2.05) is 18.2 Å². The van der Waals surface area contributed by atoms with Gasteiger partial charge in [-0.15, -0.1) is 0 Å². The van der Waals surface area contributed by atoms with Crippen LogP contribution in [0.15, 0.2) is 28.9 Å². The zero-order valence-corrected chi connectivity index (χ0v) is 8.93. The molecule has 2 nitrogen and oxygen atoms in total. The second-order valence-corrected chi connectivity index (χ2v) is 4.01. The molecule has 1 aromatic carbocycles. The van der Waals surface area contributed by atoms with Crippen LogP contribution in [0.3, 0.4) is 0 Å². The molecular weight excluding hydrogens is 251 g/mol. The Morgan fingerprint density at radius 1 is 1.31 bits per heavy atom. The predicted molar refractivity (Wildman–Crippen MR) is 58.9 cm³/mol. The Hall–Kier alpha value is -0.800. The molecule has 0 radical (unpaired) electrons. The lowest BCUT2D eigenvalue weighted by atomic mass is 10.2. The topological polar surface area (TPSA) is 38.9 Å². The first-order valence-corrected chi connectivity index (χ1v) is 4.84. The molecule has 0 aliphatic carbocycles. The molecule has 0 bridgehead atoms. The summed E-state index contributed by atoms with van der Waals surface area (Å²) < 4.78 is 0.856. The zero-order chi connectivity index (χ0) is 9.42. The number of nitrogens with two attached hydrogens (primary N) is 1. The van der Waals surface area contributed by atoms with Crippen LogP contribution in [0.2, 0.25) is 5.02 Å². The number of rotatable bonds is 0. The molecule has 0 fully saturated rings. The molecular formula is C9H6BrClN2. The number of nitrogen functional groups attached to an aromatic ring is 1. The molecule has 0 saturated heterocycles. The SMILES string of the molecule is Nc1cc2cc(Cl)cnc2cc1Br. The minimum Gasteiger partial charge on any atom is -0.398 e. The van der Waals surface area contributed by atoms with Crippen molar-refractivity contribution in [3.05, 3.63) is 33.9 Å². The first kappa shape index (κ1) is 8.78. The Bertz CT molecular complexity index is 470. The standard InChI is InChI=1S/C9H6BrClN2/c10-7-3-9-5(2-8(7)12)1-6(11)4-13-9/h1-4H,12H2. The molecule has 66 valence electrons. The van der Waals surface area contributed by atoms with Crippen molar-refractivity contribution in [1.29, 1.82) is 0 Å². The number of fused-ring (bicyclic) bond motifs is 1. The van der Waals surface area contributed by atoms with Crippen molar-refractivity contribution in [2.75, 3.05) is 5.73 Å². The number of nitrogens with zero attached hydrogens (tertiary/aromatic N) is 1. The monoisotopic (exact) mass is 256 g/mol. The lowest BCUT2D eigenvalue weighted by Crippen LogP contribution is -1.87. The largest absolute Gasteiger partial charge is 0.398 e. The summed E-state index contributed by atoms with van der Waals surface area (Å²) in [5, 5.41) is 1.57. The molecule has 2 N–H and O–H groups in total. The van der Waals surface area contributed by atoms with Gasteiger partial charge in [0.05, 0.1) is 10.5 Å². The van der Waals surface area contributed by atoms with Crippen molar-refractivity contribution in [3.63, 3.8) is 0 Å². The van der Waals surface area contributed by atoms with E-state index in [4.69, 9.17) is 17.3 Å². The van der Waals surface area contributed by atoms with Crippen LogP contribution in [0.1, 0.15) is 0 Å². The van der Waals surface area contributed by atoms with Gasteiger partial charge in [-0.2, -0.15) is 0 Å². The number of hydrogen-bond acceptors (Lipinski definition) is 2. The summed E-state index contributed by atoms with van der Waals surface area (Å²) in [7, 11) is 0. The number of hydrogen-bond donors (Lipinski definition) is 1. The van der Waals surface area contributed by atoms with Gasteiger partial charge in [-0.05, 0) is 34.1 Å². The van der Waals surface area contributed by atoms with E-state index in [0.717, 1.165) is 15.4 Å². The fourth-order valence-electron chi connectivity index (χ4n) is 1.14. The van der Waals surface area contributed by atoms with Crippen LogP contribution < -0.4 is 5.73 Å². The molecule has 4 heteroatoms. The van der Waals surface area contributed by atoms with Gasteiger partial charge < -0.3 is 5.73 Å². The van der Waals surface area contributed by atoms with E-state index < -0.39 is 0 Å². The first-order valence-electron chi connectivity index (χ1n) is 3.67. The van der Waals surface area contributed by atoms with Gasteiger partial charge in [0.25, 0.3) is 0 Å². The smallest absolute Gasteiger partial charge is 0.0715 e. The lowest BCUT2D eigenvalue weighted by molar-refractivity contribution is 1.41. The van der Waals surface area contributed by atoms with Crippen LogP contribution in [0.4, 0.5) is 5.69 Å². The van der Waals surface area contributed by atoms with E-state index in [-0.39, 0.29) is 0 Å². The highest BCUT2D eigenvalue weighted by Crippen LogP contribution is 2.26. The van der Waals surface area contributed by atoms with Crippen LogP contribution in [0.25, 0.3) is 10.9 Å². The molecule has 1 aromatic heterocycles. The maximum Gasteiger partial charge on any atom is 0.0715 e. The first-order chi connectivity index (χ1) is 6.16. The minimum atomic E-state index is 0.620. The van der Waals surface area contributed by atoms with Crippen LogP contribution >= 0.6 is 27.5 Å². The number of aromatic nitrogens is 1. The van der Waals surface area contributed by atoms with Crippen LogP contribution in [0.5, 0.6) is 0 Å². The Morgan fingerprint density at radius 2 is 2.08 bits per heavy atom. The summed E-state index contributed by atoms with van der Waals surface area (Å²) in [6, 6.07) is 5.56. The van der Waals surface area contributed by atoms with Crippen molar-refractivity contribution >= 4 is 44.1 Å². The zero-order valence-electron chi connectivity index (χ0n) is 6.59. The maximum atomic E-state index is 5.80. The lowest BCUT2D eigenvalue weighted by Gasteiger charge is -2.01. The quantitative estimate of drug-likeness (QED) is 0.736. The molecule has 0 unspecified atom stereocenters. The summed E-state index contributed by atoms with van der Waals surface area (Å²) in [5.74, 6) is 0. The van der Waals surface area contributed by atoms with E-state index in [9.17, 15) is 0 Å². The molecule has 1 heterocycles. The van der Waals surface area contributed by atoms with E-state index >= 15 is 0 Å². The summed E-state index contributed by atoms with van der Waals surface area (Å²) in [6.07, 6.45) is 1.62. The number of halogens is 2. The van der Waals surface area contributed by atoms with Gasteiger partial charge in [0.2, 0.25) is 0 Å². The van der Waals surface area contributed by atoms with Crippen LogP contribution in [0, 0.1) is 0 Å². The molecule has 0 aliphatic rings. The summed E-state index contributed by atoms with van der Waals surface area (Å²) in [5.41, 5.74) is 7.29. The molecule has 0 atom stereocenters. The van der Waals surface area contributed by atoms with Crippen LogP contribution in [-0.4, -0.2) is 4.98 Å². The minimum absolute atomic E-state index is 0.620. The third kappa shape index (κ3) is 1.62. The molecule has 0 spiro atoms. The second kappa shape index (κ2) is 3.16. The van der Waals surface area contributed by atoms with Gasteiger partial charge in [-0.1, -0.05) is 11.6 Å². The average Bonchev–Trinajstić information content (AvgIpc) is 2.08. The van der Waals surface area contributed by atoms with Gasteiger partial charge >= 0.3 is 0 Å². The third-order valence-corrected chi connectivity index (χ3v) is 2.66. The van der Waals surface area contributed by atoms with Crippen molar-refractivity contribution in [2.24, 2.45) is 0 Å². The average molecular weight is 258 g/mol. The number of pyridine rings is 1. The molecule has 0 saturated carbocycles. The fraction of sp³-hybridized carbons (Fsp3) is 0. The van der Waals surface area contributed by atoms with Crippen LogP contribution in [-0.2, 0) is 0 Å². The number of anilines is 1. The second-order valence-electron chi connectivity index (χ2n) is 2.72. The van der Waals surface area contributed by atoms with Crippen molar-refractivity contribution in [3.8, 4) is 0 Å². The molecule has 2 rings (SSSR count). The molecule has 0 aliphatic heterocycles. The highest BCUT2D eigenvalue weighted by atomic mass is 79.9. The van der Waals surface area contributed by atoms with Crippen molar-refractivity contribution in [1.82, 2.24) is 4.98 Å². The van der Waals surface area contributed by atoms with Gasteiger partial charge in [-0.3, -0.25) is 4.98 Å². The van der Waals surface area contributed by atoms with Gasteiger partial charge in [-0.25, -0.2) is 0 Å². The van der Waals surface area contributed by atoms with E-state index in [1.165, 1.54) is 0 Å². The highest BCUT2D eigenvalue weighted by molar-refractivity contribution is 9.10. The number of benzene rings is 1. The van der Waals surface area contributed by atoms with E-state index in [1.54, 1.807) is 6.20 Å². The van der Waals surface area contributed by atoms with E-state index in [0.29, 0.717) is 10.7 Å². The Labute approximate surface area is 88.8 Å².